The first-order chi connectivity index (χ1) is 9.75. The van der Waals surface area contributed by atoms with Crippen molar-refractivity contribution in [2.24, 2.45) is 5.73 Å². The molecule has 0 saturated carbocycles. The average Bonchev–Trinajstić information content (AvgIpc) is 2.82. The van der Waals surface area contributed by atoms with Crippen molar-refractivity contribution in [2.75, 3.05) is 0 Å². The largest absolute Gasteiger partial charge is 0.359 e. The van der Waals surface area contributed by atoms with Gasteiger partial charge in [-0.1, -0.05) is 55.1 Å². The predicted molar refractivity (Wildman–Crippen MR) is 81.9 cm³/mol. The van der Waals surface area contributed by atoms with E-state index < -0.39 is 0 Å². The highest BCUT2D eigenvalue weighted by molar-refractivity contribution is 5.68. The van der Waals surface area contributed by atoms with Gasteiger partial charge in [0.1, 0.15) is 0 Å². The highest BCUT2D eigenvalue weighted by Crippen LogP contribution is 2.43. The van der Waals surface area contributed by atoms with Crippen molar-refractivity contribution in [3.05, 3.63) is 77.4 Å². The fraction of sp³-hybridized carbons (Fsp3) is 0.222. The molecule has 0 fully saturated rings. The van der Waals surface area contributed by atoms with Crippen LogP contribution in [0.3, 0.4) is 0 Å². The van der Waals surface area contributed by atoms with E-state index >= 15 is 0 Å². The molecule has 2 heteroatoms. The third kappa shape index (κ3) is 1.55. The molecule has 2 aliphatic rings. The first-order valence-electron chi connectivity index (χ1n) is 7.13. The molecule has 0 aliphatic carbocycles. The number of hydrogen-bond acceptors (Lipinski definition) is 2. The first-order valence-corrected chi connectivity index (χ1v) is 7.13. The molecule has 1 unspecified atom stereocenters. The molecule has 2 atom stereocenters. The van der Waals surface area contributed by atoms with Crippen molar-refractivity contribution < 1.29 is 0 Å². The molecule has 0 bridgehead atoms. The van der Waals surface area contributed by atoms with Crippen molar-refractivity contribution in [2.45, 2.75) is 25.0 Å². The molecule has 2 aromatic rings. The molecular formula is C18H18N2. The number of hydrogen-bond donors (Lipinski definition) is 1. The fourth-order valence-corrected chi connectivity index (χ4v) is 3.64. The Morgan fingerprint density at radius 3 is 2.55 bits per heavy atom. The molecule has 0 aromatic heterocycles. The summed E-state index contributed by atoms with van der Waals surface area (Å²) < 4.78 is 0. The normalized spacial score (nSPS) is 23.9. The summed E-state index contributed by atoms with van der Waals surface area (Å²) in [5, 5.41) is 0. The average molecular weight is 262 g/mol. The summed E-state index contributed by atoms with van der Waals surface area (Å²) in [5.41, 5.74) is 13.0. The van der Waals surface area contributed by atoms with Crippen LogP contribution >= 0.6 is 0 Å². The number of fused-ring (bicyclic) bond motifs is 4. The summed E-state index contributed by atoms with van der Waals surface area (Å²) in [4.78, 5) is 2.38. The van der Waals surface area contributed by atoms with Crippen molar-refractivity contribution in [3.63, 3.8) is 0 Å². The van der Waals surface area contributed by atoms with E-state index in [0.29, 0.717) is 0 Å². The molecule has 4 rings (SSSR count). The first kappa shape index (κ1) is 11.7. The van der Waals surface area contributed by atoms with Gasteiger partial charge < -0.3 is 10.6 Å². The van der Waals surface area contributed by atoms with E-state index in [-0.39, 0.29) is 12.1 Å². The second kappa shape index (κ2) is 4.22. The third-order valence-electron chi connectivity index (χ3n) is 4.59. The number of nitrogens with zero attached hydrogens (tertiary/aromatic N) is 1. The molecule has 0 saturated heterocycles. The van der Waals surface area contributed by atoms with Crippen LogP contribution in [0.15, 0.2) is 55.1 Å². The van der Waals surface area contributed by atoms with Crippen molar-refractivity contribution >= 4 is 5.70 Å². The molecule has 0 amide bonds. The SMILES string of the molecule is C=C1c2ccccc2C[C@@H](N)C2c3ccccc3CN12. The Balaban J connectivity index is 1.86. The van der Waals surface area contributed by atoms with Crippen LogP contribution in [0.2, 0.25) is 0 Å². The highest BCUT2D eigenvalue weighted by Gasteiger charge is 2.37. The Labute approximate surface area is 119 Å². The summed E-state index contributed by atoms with van der Waals surface area (Å²) in [6.45, 7) is 5.26. The molecule has 20 heavy (non-hydrogen) atoms. The van der Waals surface area contributed by atoms with E-state index in [9.17, 15) is 0 Å². The van der Waals surface area contributed by atoms with Gasteiger partial charge in [0.15, 0.2) is 0 Å². The molecule has 0 radical (unpaired) electrons. The van der Waals surface area contributed by atoms with Gasteiger partial charge in [0.25, 0.3) is 0 Å². The van der Waals surface area contributed by atoms with E-state index in [4.69, 9.17) is 5.73 Å². The maximum Gasteiger partial charge on any atom is 0.0703 e. The Morgan fingerprint density at radius 1 is 1.00 bits per heavy atom. The van der Waals surface area contributed by atoms with Gasteiger partial charge >= 0.3 is 0 Å². The molecular weight excluding hydrogens is 244 g/mol. The summed E-state index contributed by atoms with van der Waals surface area (Å²) in [7, 11) is 0. The topological polar surface area (TPSA) is 29.3 Å². The lowest BCUT2D eigenvalue weighted by molar-refractivity contribution is 0.288. The highest BCUT2D eigenvalue weighted by atomic mass is 15.2. The van der Waals surface area contributed by atoms with Crippen LogP contribution in [-0.4, -0.2) is 10.9 Å². The van der Waals surface area contributed by atoms with Crippen molar-refractivity contribution in [1.29, 1.82) is 0 Å². The zero-order chi connectivity index (χ0) is 13.7. The maximum atomic E-state index is 6.53. The summed E-state index contributed by atoms with van der Waals surface area (Å²) in [5.74, 6) is 0. The van der Waals surface area contributed by atoms with Crippen LogP contribution in [-0.2, 0) is 13.0 Å². The summed E-state index contributed by atoms with van der Waals surface area (Å²) >= 11 is 0. The van der Waals surface area contributed by atoms with E-state index in [0.717, 1.165) is 18.7 Å². The zero-order valence-electron chi connectivity index (χ0n) is 11.4. The van der Waals surface area contributed by atoms with Gasteiger partial charge in [0.05, 0.1) is 6.04 Å². The molecule has 100 valence electrons. The lowest BCUT2D eigenvalue weighted by atomic mass is 9.94. The van der Waals surface area contributed by atoms with Crippen LogP contribution in [0.25, 0.3) is 5.70 Å². The van der Waals surface area contributed by atoms with Gasteiger partial charge in [-0.3, -0.25) is 0 Å². The van der Waals surface area contributed by atoms with Gasteiger partial charge in [0.2, 0.25) is 0 Å². The van der Waals surface area contributed by atoms with Gasteiger partial charge in [-0.25, -0.2) is 0 Å². The number of benzene rings is 2. The molecule has 2 aromatic carbocycles. The lowest BCUT2D eigenvalue weighted by Crippen LogP contribution is -2.35. The van der Waals surface area contributed by atoms with Gasteiger partial charge in [0, 0.05) is 23.8 Å². The number of rotatable bonds is 0. The van der Waals surface area contributed by atoms with Crippen LogP contribution in [0.4, 0.5) is 0 Å². The summed E-state index contributed by atoms with van der Waals surface area (Å²) in [6.07, 6.45) is 0.907. The minimum atomic E-state index is 0.110. The van der Waals surface area contributed by atoms with Crippen LogP contribution in [0.5, 0.6) is 0 Å². The third-order valence-corrected chi connectivity index (χ3v) is 4.59. The Bertz CT molecular complexity index is 689. The monoisotopic (exact) mass is 262 g/mol. The second-order valence-electron chi connectivity index (χ2n) is 5.74. The van der Waals surface area contributed by atoms with Gasteiger partial charge in [-0.15, -0.1) is 0 Å². The number of nitrogens with two attached hydrogens (primary N) is 1. The summed E-state index contributed by atoms with van der Waals surface area (Å²) in [6, 6.07) is 17.5. The maximum absolute atomic E-state index is 6.53. The van der Waals surface area contributed by atoms with Gasteiger partial charge in [-0.05, 0) is 23.1 Å². The minimum Gasteiger partial charge on any atom is -0.359 e. The van der Waals surface area contributed by atoms with Crippen molar-refractivity contribution in [3.8, 4) is 0 Å². The zero-order valence-corrected chi connectivity index (χ0v) is 11.4. The van der Waals surface area contributed by atoms with E-state index in [1.807, 2.05) is 0 Å². The van der Waals surface area contributed by atoms with Crippen molar-refractivity contribution in [1.82, 2.24) is 4.90 Å². The lowest BCUT2D eigenvalue weighted by Gasteiger charge is -2.30. The Kier molecular flexibility index (Phi) is 2.48. The molecule has 2 heterocycles. The van der Waals surface area contributed by atoms with E-state index in [2.05, 4.69) is 60.0 Å². The van der Waals surface area contributed by atoms with Crippen LogP contribution in [0, 0.1) is 0 Å². The molecule has 2 aliphatic heterocycles. The Hall–Kier alpha value is -2.06. The molecule has 2 N–H and O–H groups in total. The van der Waals surface area contributed by atoms with Crippen LogP contribution in [0.1, 0.15) is 28.3 Å². The van der Waals surface area contributed by atoms with E-state index in [1.54, 1.807) is 0 Å². The second-order valence-corrected chi connectivity index (χ2v) is 5.74. The van der Waals surface area contributed by atoms with E-state index in [1.165, 1.54) is 22.3 Å². The van der Waals surface area contributed by atoms with Crippen LogP contribution < -0.4 is 5.73 Å². The molecule has 0 spiro atoms. The minimum absolute atomic E-state index is 0.110. The Morgan fingerprint density at radius 2 is 1.70 bits per heavy atom. The smallest absolute Gasteiger partial charge is 0.0703 e. The van der Waals surface area contributed by atoms with Gasteiger partial charge in [-0.2, -0.15) is 0 Å². The molecule has 2 nitrogen and oxygen atoms in total. The quantitative estimate of drug-likeness (QED) is 0.790. The predicted octanol–water partition coefficient (Wildman–Crippen LogP) is 3.10. The standard InChI is InChI=1S/C18H18N2/c1-12-15-8-4-2-6-13(15)10-17(19)18-16-9-5-3-7-14(16)11-20(12)18/h2-9,17-18H,1,10-11,19H2/t17-,18?/m1/s1. The fourth-order valence-electron chi connectivity index (χ4n) is 3.64.